The third-order valence-electron chi connectivity index (χ3n) is 11.4. The van der Waals surface area contributed by atoms with E-state index in [0.717, 1.165) is 50.4 Å². The van der Waals surface area contributed by atoms with Crippen LogP contribution in [0.5, 0.6) is 11.5 Å². The van der Waals surface area contributed by atoms with Crippen LogP contribution in [0.1, 0.15) is 79.0 Å². The molecule has 0 saturated carbocycles. The SMILES string of the molecule is CC(C)(C)c1ccnc(-n2c3[c-]c(Oc4[c-]c(N5[CH-]N(c6cc(C(C)(C)C)ccc6-c6ccccc6)c6cccc(C(C)(C)C)c65)ccc4)ccc3c3ccccc32)c1.[Pt]. The number of rotatable bonds is 6. The van der Waals surface area contributed by atoms with Crippen molar-refractivity contribution in [1.29, 1.82) is 0 Å². The van der Waals surface area contributed by atoms with Crippen molar-refractivity contribution in [2.45, 2.75) is 78.6 Å². The normalized spacial score (nSPS) is 13.2. The van der Waals surface area contributed by atoms with Gasteiger partial charge in [-0.3, -0.25) is 0 Å². The zero-order valence-electron chi connectivity index (χ0n) is 35.9. The molecule has 9 rings (SSSR count). The van der Waals surface area contributed by atoms with Crippen LogP contribution in [0.4, 0.5) is 22.7 Å². The van der Waals surface area contributed by atoms with Crippen LogP contribution in [0.15, 0.2) is 140 Å². The first-order valence-corrected chi connectivity index (χ1v) is 20.5. The van der Waals surface area contributed by atoms with Gasteiger partial charge in [0.2, 0.25) is 0 Å². The second kappa shape index (κ2) is 15.4. The smallest absolute Gasteiger partial charge is 0.135 e. The third kappa shape index (κ3) is 7.54. The largest absolute Gasteiger partial charge is 0.509 e. The molecule has 6 aromatic carbocycles. The molecule has 0 aliphatic carbocycles. The number of nitrogens with zero attached hydrogens (tertiary/aromatic N) is 4. The molecule has 306 valence electrons. The van der Waals surface area contributed by atoms with Crippen LogP contribution in [0.3, 0.4) is 0 Å². The summed E-state index contributed by atoms with van der Waals surface area (Å²) >= 11 is 0. The molecule has 0 spiro atoms. The van der Waals surface area contributed by atoms with Crippen molar-refractivity contribution >= 4 is 44.6 Å². The third-order valence-corrected chi connectivity index (χ3v) is 11.4. The van der Waals surface area contributed by atoms with Gasteiger partial charge in [-0.25, -0.2) is 4.98 Å². The minimum atomic E-state index is -0.124. The van der Waals surface area contributed by atoms with E-state index in [4.69, 9.17) is 9.72 Å². The minimum absolute atomic E-state index is 0. The number of hydrogen-bond acceptors (Lipinski definition) is 4. The van der Waals surface area contributed by atoms with Crippen molar-refractivity contribution in [3.05, 3.63) is 175 Å². The number of ether oxygens (including phenoxy) is 1. The molecule has 0 unspecified atom stereocenters. The number of para-hydroxylation sites is 2. The molecule has 0 atom stereocenters. The van der Waals surface area contributed by atoms with Crippen molar-refractivity contribution in [3.63, 3.8) is 0 Å². The first-order chi connectivity index (χ1) is 28.1. The van der Waals surface area contributed by atoms with Gasteiger partial charge in [-0.05, 0) is 74.2 Å². The zero-order valence-corrected chi connectivity index (χ0v) is 38.1. The van der Waals surface area contributed by atoms with Crippen LogP contribution in [0.2, 0.25) is 0 Å². The van der Waals surface area contributed by atoms with E-state index in [2.05, 4.69) is 211 Å². The Morgan fingerprint density at radius 2 is 1.27 bits per heavy atom. The minimum Gasteiger partial charge on any atom is -0.509 e. The van der Waals surface area contributed by atoms with E-state index in [1.54, 1.807) is 0 Å². The van der Waals surface area contributed by atoms with Crippen molar-refractivity contribution in [3.8, 4) is 28.4 Å². The fourth-order valence-electron chi connectivity index (χ4n) is 8.19. The van der Waals surface area contributed by atoms with Crippen LogP contribution in [0.25, 0.3) is 38.8 Å². The Bertz CT molecular complexity index is 2860. The molecule has 0 bridgehead atoms. The number of benzene rings is 6. The van der Waals surface area contributed by atoms with Crippen molar-refractivity contribution < 1.29 is 25.8 Å². The van der Waals surface area contributed by atoms with E-state index >= 15 is 0 Å². The molecule has 60 heavy (non-hydrogen) atoms. The number of hydrogen-bond donors (Lipinski definition) is 0. The Morgan fingerprint density at radius 3 is 2.02 bits per heavy atom. The van der Waals surface area contributed by atoms with Crippen molar-refractivity contribution in [1.82, 2.24) is 9.55 Å². The summed E-state index contributed by atoms with van der Waals surface area (Å²) < 4.78 is 8.88. The molecule has 0 N–H and O–H groups in total. The van der Waals surface area contributed by atoms with E-state index in [1.807, 2.05) is 24.4 Å². The second-order valence-electron chi connectivity index (χ2n) is 18.7. The first-order valence-electron chi connectivity index (χ1n) is 20.5. The van der Waals surface area contributed by atoms with Crippen LogP contribution < -0.4 is 14.5 Å². The molecule has 0 fully saturated rings. The summed E-state index contributed by atoms with van der Waals surface area (Å²) in [5.74, 6) is 2.07. The van der Waals surface area contributed by atoms with Crippen LogP contribution in [-0.4, -0.2) is 9.55 Å². The topological polar surface area (TPSA) is 33.5 Å². The Labute approximate surface area is 369 Å². The standard InChI is InChI=1S/C54H51N4O.Pt/c1-52(2,3)37-25-27-42(36-17-11-10-12-18-36)48(31-37)57-35-56(51-45(54(7,8)9)22-16-24-47(51)57)39-19-15-20-40(33-39)59-41-26-28-44-43-21-13-14-23-46(43)58(49(44)34-41)50-32-38(29-30-55-50)53(4,5)6;/h10-32,35H,1-9H3;/q-3;. The molecule has 5 nitrogen and oxygen atoms in total. The van der Waals surface area contributed by atoms with Crippen LogP contribution in [0, 0.1) is 18.8 Å². The number of anilines is 4. The van der Waals surface area contributed by atoms with E-state index in [-0.39, 0.29) is 37.3 Å². The first kappa shape index (κ1) is 41.1. The molecular weight excluding hydrogens is 916 g/mol. The maximum atomic E-state index is 6.68. The van der Waals surface area contributed by atoms with E-state index < -0.39 is 0 Å². The molecule has 0 radical (unpaired) electrons. The summed E-state index contributed by atoms with van der Waals surface area (Å²) in [6, 6.07) is 54.6. The Hall–Kier alpha value is -5.64. The van der Waals surface area contributed by atoms with Gasteiger partial charge in [-0.2, -0.15) is 12.1 Å². The molecular formula is C54H51N4OPt-3. The van der Waals surface area contributed by atoms with Gasteiger partial charge in [0.25, 0.3) is 0 Å². The molecule has 1 aliphatic heterocycles. The Morgan fingerprint density at radius 1 is 0.567 bits per heavy atom. The summed E-state index contributed by atoms with van der Waals surface area (Å²) in [5.41, 5.74) is 12.2. The van der Waals surface area contributed by atoms with E-state index in [0.29, 0.717) is 11.5 Å². The molecule has 0 saturated heterocycles. The predicted molar refractivity (Wildman–Crippen MR) is 246 cm³/mol. The number of aromatic nitrogens is 2. The fraction of sp³-hybridized carbons (Fsp3) is 0.222. The van der Waals surface area contributed by atoms with Gasteiger partial charge in [-0.15, -0.1) is 48.1 Å². The molecule has 8 aromatic rings. The summed E-state index contributed by atoms with van der Waals surface area (Å²) in [6.07, 6.45) is 1.90. The molecule has 6 heteroatoms. The average molecular weight is 967 g/mol. The number of pyridine rings is 1. The monoisotopic (exact) mass is 966 g/mol. The van der Waals surface area contributed by atoms with Gasteiger partial charge in [0.05, 0.1) is 0 Å². The maximum absolute atomic E-state index is 6.68. The summed E-state index contributed by atoms with van der Waals surface area (Å²) in [7, 11) is 0. The van der Waals surface area contributed by atoms with Gasteiger partial charge >= 0.3 is 0 Å². The second-order valence-corrected chi connectivity index (χ2v) is 18.7. The maximum Gasteiger partial charge on any atom is 0.135 e. The number of fused-ring (bicyclic) bond motifs is 4. The summed E-state index contributed by atoms with van der Waals surface area (Å²) in [6.45, 7) is 22.6. The summed E-state index contributed by atoms with van der Waals surface area (Å²) in [5, 5.41) is 2.24. The van der Waals surface area contributed by atoms with Crippen LogP contribution in [-0.2, 0) is 37.3 Å². The fourth-order valence-corrected chi connectivity index (χ4v) is 8.19. The van der Waals surface area contributed by atoms with E-state index in [1.165, 1.54) is 27.8 Å². The van der Waals surface area contributed by atoms with Gasteiger partial charge in [0.15, 0.2) is 0 Å². The molecule has 3 heterocycles. The van der Waals surface area contributed by atoms with Gasteiger partial charge in [0.1, 0.15) is 5.82 Å². The Balaban J connectivity index is 0.00000499. The van der Waals surface area contributed by atoms with Crippen LogP contribution >= 0.6 is 0 Å². The van der Waals surface area contributed by atoms with Crippen molar-refractivity contribution in [2.24, 2.45) is 0 Å². The average Bonchev–Trinajstić information content (AvgIpc) is 3.76. The molecule has 1 aliphatic rings. The van der Waals surface area contributed by atoms with Gasteiger partial charge in [-0.1, -0.05) is 141 Å². The predicted octanol–water partition coefficient (Wildman–Crippen LogP) is 14.5. The van der Waals surface area contributed by atoms with Gasteiger partial charge < -0.3 is 19.1 Å². The van der Waals surface area contributed by atoms with Crippen molar-refractivity contribution in [2.75, 3.05) is 9.80 Å². The molecule has 2 aromatic heterocycles. The summed E-state index contributed by atoms with van der Waals surface area (Å²) in [4.78, 5) is 9.49. The van der Waals surface area contributed by atoms with E-state index in [9.17, 15) is 0 Å². The quantitative estimate of drug-likeness (QED) is 0.156. The zero-order chi connectivity index (χ0) is 41.3. The van der Waals surface area contributed by atoms with Gasteiger partial charge in [0, 0.05) is 66.9 Å². The Kier molecular flexibility index (Phi) is 10.6. The molecule has 0 amide bonds.